The Morgan fingerprint density at radius 3 is 2.76 bits per heavy atom. The summed E-state index contributed by atoms with van der Waals surface area (Å²) in [5.74, 6) is 2.49. The molecule has 0 bridgehead atoms. The average molecular weight is 400 g/mol. The van der Waals surface area contributed by atoms with Gasteiger partial charge in [0, 0.05) is 16.3 Å². The Morgan fingerprint density at radius 1 is 1.08 bits per heavy atom. The van der Waals surface area contributed by atoms with Gasteiger partial charge in [0.2, 0.25) is 6.79 Å². The molecule has 3 aromatic rings. The van der Waals surface area contributed by atoms with Crippen molar-refractivity contribution in [2.75, 3.05) is 6.79 Å². The van der Waals surface area contributed by atoms with Crippen LogP contribution in [0.5, 0.6) is 11.5 Å². The summed E-state index contributed by atoms with van der Waals surface area (Å²) in [5.41, 5.74) is 12.8. The molecule has 1 aromatic heterocycles. The molecule has 2 aromatic carbocycles. The fraction of sp³-hybridized carbons (Fsp3) is 0.118. The number of rotatable bonds is 3. The molecule has 4 rings (SSSR count). The predicted molar refractivity (Wildman–Crippen MR) is 98.1 cm³/mol. The molecular formula is C17H14BrN5O2. The van der Waals surface area contributed by atoms with E-state index in [0.717, 1.165) is 32.4 Å². The number of nitrogens with two attached hydrogens (primary N) is 2. The Kier molecular flexibility index (Phi) is 3.89. The lowest BCUT2D eigenvalue weighted by atomic mass is 10.1. The number of hydrogen-bond acceptors (Lipinski definition) is 5. The van der Waals surface area contributed by atoms with Crippen molar-refractivity contribution < 1.29 is 9.47 Å². The number of guanidine groups is 1. The van der Waals surface area contributed by atoms with E-state index in [1.807, 2.05) is 36.4 Å². The molecule has 25 heavy (non-hydrogen) atoms. The zero-order valence-electron chi connectivity index (χ0n) is 13.1. The lowest BCUT2D eigenvalue weighted by molar-refractivity contribution is 0.174. The van der Waals surface area contributed by atoms with Gasteiger partial charge in [0.15, 0.2) is 23.3 Å². The van der Waals surface area contributed by atoms with Gasteiger partial charge in [-0.05, 0) is 35.9 Å². The Balaban J connectivity index is 1.77. The van der Waals surface area contributed by atoms with Gasteiger partial charge in [0.05, 0.1) is 5.52 Å². The molecule has 0 amide bonds. The molecule has 7 nitrogen and oxygen atoms in total. The number of ether oxygens (including phenoxy) is 2. The third-order valence-electron chi connectivity index (χ3n) is 3.72. The zero-order valence-corrected chi connectivity index (χ0v) is 14.7. The molecular weight excluding hydrogens is 386 g/mol. The van der Waals surface area contributed by atoms with Gasteiger partial charge in [-0.2, -0.15) is 4.99 Å². The van der Waals surface area contributed by atoms with Crippen molar-refractivity contribution in [1.29, 1.82) is 0 Å². The van der Waals surface area contributed by atoms with E-state index in [2.05, 4.69) is 30.9 Å². The van der Waals surface area contributed by atoms with Crippen molar-refractivity contribution in [2.45, 2.75) is 6.42 Å². The molecule has 8 heteroatoms. The fourth-order valence-electron chi connectivity index (χ4n) is 2.65. The van der Waals surface area contributed by atoms with E-state index in [4.69, 9.17) is 20.9 Å². The van der Waals surface area contributed by atoms with Crippen molar-refractivity contribution in [3.63, 3.8) is 0 Å². The Labute approximate surface area is 151 Å². The van der Waals surface area contributed by atoms with E-state index in [1.165, 1.54) is 0 Å². The number of fused-ring (bicyclic) bond motifs is 2. The molecule has 0 unspecified atom stereocenters. The van der Waals surface area contributed by atoms with Crippen LogP contribution in [0.2, 0.25) is 0 Å². The summed E-state index contributed by atoms with van der Waals surface area (Å²) in [6, 6.07) is 11.5. The van der Waals surface area contributed by atoms with Crippen molar-refractivity contribution in [3.05, 3.63) is 52.3 Å². The minimum absolute atomic E-state index is 0.0445. The molecule has 0 spiro atoms. The third-order valence-corrected chi connectivity index (χ3v) is 4.21. The smallest absolute Gasteiger partial charge is 0.231 e. The molecule has 126 valence electrons. The van der Waals surface area contributed by atoms with E-state index in [0.29, 0.717) is 18.1 Å². The highest BCUT2D eigenvalue weighted by molar-refractivity contribution is 9.10. The summed E-state index contributed by atoms with van der Waals surface area (Å²) in [4.78, 5) is 13.3. The first-order valence-electron chi connectivity index (χ1n) is 7.53. The Morgan fingerprint density at radius 2 is 1.92 bits per heavy atom. The van der Waals surface area contributed by atoms with Crippen LogP contribution >= 0.6 is 15.9 Å². The molecule has 0 radical (unpaired) electrons. The minimum atomic E-state index is -0.0445. The number of aliphatic imine (C=N–C) groups is 1. The number of nitrogens with zero attached hydrogens (tertiary/aromatic N) is 3. The summed E-state index contributed by atoms with van der Waals surface area (Å²) in [7, 11) is 0. The average Bonchev–Trinajstić information content (AvgIpc) is 3.01. The molecule has 4 N–H and O–H groups in total. The molecule has 2 heterocycles. The summed E-state index contributed by atoms with van der Waals surface area (Å²) < 4.78 is 11.7. The summed E-state index contributed by atoms with van der Waals surface area (Å²) in [6.07, 6.45) is 0.520. The van der Waals surface area contributed by atoms with E-state index < -0.39 is 0 Å². The van der Waals surface area contributed by atoms with Gasteiger partial charge in [-0.25, -0.2) is 9.97 Å². The summed E-state index contributed by atoms with van der Waals surface area (Å²) in [6.45, 7) is 0.244. The van der Waals surface area contributed by atoms with Crippen LogP contribution in [0.3, 0.4) is 0 Å². The molecule has 0 saturated carbocycles. The van der Waals surface area contributed by atoms with Gasteiger partial charge in [-0.3, -0.25) is 0 Å². The van der Waals surface area contributed by atoms with Gasteiger partial charge in [0.25, 0.3) is 0 Å². The zero-order chi connectivity index (χ0) is 17.4. The van der Waals surface area contributed by atoms with Gasteiger partial charge in [-0.1, -0.05) is 22.0 Å². The lowest BCUT2D eigenvalue weighted by Crippen LogP contribution is -2.22. The summed E-state index contributed by atoms with van der Waals surface area (Å²) >= 11 is 3.46. The van der Waals surface area contributed by atoms with Crippen LogP contribution in [0.4, 0.5) is 5.82 Å². The second-order valence-corrected chi connectivity index (χ2v) is 6.44. The van der Waals surface area contributed by atoms with Crippen LogP contribution in [0, 0.1) is 0 Å². The van der Waals surface area contributed by atoms with E-state index in [9.17, 15) is 0 Å². The highest BCUT2D eigenvalue weighted by Crippen LogP contribution is 2.33. The standard InChI is InChI=1S/C17H14BrN5O2/c18-10-2-3-11-12(7-10)21-15(22-16(11)23-17(19)20)6-9-1-4-13-14(5-9)25-8-24-13/h1-5,7H,6,8H2,(H4,19,20,21,22,23). The third kappa shape index (κ3) is 3.20. The highest BCUT2D eigenvalue weighted by Gasteiger charge is 2.15. The summed E-state index contributed by atoms with van der Waals surface area (Å²) in [5, 5.41) is 0.783. The first-order chi connectivity index (χ1) is 12.1. The van der Waals surface area contributed by atoms with Crippen LogP contribution in [-0.2, 0) is 6.42 Å². The monoisotopic (exact) mass is 399 g/mol. The molecule has 0 aliphatic carbocycles. The van der Waals surface area contributed by atoms with Gasteiger partial charge in [0.1, 0.15) is 5.82 Å². The minimum Gasteiger partial charge on any atom is -0.454 e. The highest BCUT2D eigenvalue weighted by atomic mass is 79.9. The second-order valence-electron chi connectivity index (χ2n) is 5.53. The molecule has 0 atom stereocenters. The maximum absolute atomic E-state index is 5.54. The first kappa shape index (κ1) is 15.6. The Hall–Kier alpha value is -2.87. The number of hydrogen-bond donors (Lipinski definition) is 2. The maximum atomic E-state index is 5.54. The van der Waals surface area contributed by atoms with Crippen molar-refractivity contribution in [2.24, 2.45) is 16.5 Å². The molecule has 0 fully saturated rings. The molecule has 1 aliphatic rings. The Bertz CT molecular complexity index is 1000. The van der Waals surface area contributed by atoms with E-state index in [1.54, 1.807) is 0 Å². The number of aromatic nitrogens is 2. The van der Waals surface area contributed by atoms with Crippen LogP contribution in [0.1, 0.15) is 11.4 Å². The number of benzene rings is 2. The van der Waals surface area contributed by atoms with Crippen LogP contribution < -0.4 is 20.9 Å². The van der Waals surface area contributed by atoms with Crippen LogP contribution in [0.15, 0.2) is 45.9 Å². The lowest BCUT2D eigenvalue weighted by Gasteiger charge is -2.07. The van der Waals surface area contributed by atoms with Crippen molar-refractivity contribution >= 4 is 38.6 Å². The van der Waals surface area contributed by atoms with Crippen molar-refractivity contribution in [1.82, 2.24) is 9.97 Å². The quantitative estimate of drug-likeness (QED) is 0.517. The SMILES string of the molecule is NC(N)=Nc1nc(Cc2ccc3c(c2)OCO3)nc2cc(Br)ccc12. The molecule has 1 aliphatic heterocycles. The van der Waals surface area contributed by atoms with Gasteiger partial charge < -0.3 is 20.9 Å². The number of halogens is 1. The maximum Gasteiger partial charge on any atom is 0.231 e. The topological polar surface area (TPSA) is 109 Å². The van der Waals surface area contributed by atoms with E-state index in [-0.39, 0.29) is 12.8 Å². The van der Waals surface area contributed by atoms with E-state index >= 15 is 0 Å². The normalized spacial score (nSPS) is 12.4. The van der Waals surface area contributed by atoms with Crippen molar-refractivity contribution in [3.8, 4) is 11.5 Å². The predicted octanol–water partition coefficient (Wildman–Crippen LogP) is 2.62. The largest absolute Gasteiger partial charge is 0.454 e. The van der Waals surface area contributed by atoms with Gasteiger partial charge in [-0.15, -0.1) is 0 Å². The van der Waals surface area contributed by atoms with Crippen LogP contribution in [-0.4, -0.2) is 22.7 Å². The second kappa shape index (κ2) is 6.21. The molecule has 0 saturated heterocycles. The first-order valence-corrected chi connectivity index (χ1v) is 8.32. The fourth-order valence-corrected chi connectivity index (χ4v) is 3.00. The van der Waals surface area contributed by atoms with Gasteiger partial charge >= 0.3 is 0 Å². The van der Waals surface area contributed by atoms with Crippen LogP contribution in [0.25, 0.3) is 10.9 Å².